The second-order valence-corrected chi connectivity index (χ2v) is 10.1. The van der Waals surface area contributed by atoms with E-state index < -0.39 is 19.9 Å². The lowest BCUT2D eigenvalue weighted by Crippen LogP contribution is -2.30. The molecule has 0 bridgehead atoms. The number of nitrogens with two attached hydrogens (primary N) is 1. The van der Waals surface area contributed by atoms with Crippen molar-refractivity contribution in [1.29, 1.82) is 0 Å². The number of sulfone groups is 1. The SMILES string of the molecule is CS(=O)(=O)c1ccc(N)c(S(=O)(=O)NCC2CCCS2)c1. The van der Waals surface area contributed by atoms with Gasteiger partial charge in [-0.05, 0) is 36.8 Å². The van der Waals surface area contributed by atoms with Crippen LogP contribution < -0.4 is 10.5 Å². The maximum absolute atomic E-state index is 12.3. The number of benzene rings is 1. The maximum Gasteiger partial charge on any atom is 0.242 e. The van der Waals surface area contributed by atoms with Crippen LogP contribution in [-0.2, 0) is 19.9 Å². The largest absolute Gasteiger partial charge is 0.398 e. The molecule has 1 unspecified atom stereocenters. The summed E-state index contributed by atoms with van der Waals surface area (Å²) in [6.07, 6.45) is 3.09. The van der Waals surface area contributed by atoms with Gasteiger partial charge in [-0.15, -0.1) is 0 Å². The second kappa shape index (κ2) is 6.15. The third-order valence-electron chi connectivity index (χ3n) is 3.23. The Labute approximate surface area is 129 Å². The molecule has 0 aromatic heterocycles. The average Bonchev–Trinajstić information content (AvgIpc) is 2.88. The zero-order chi connectivity index (χ0) is 15.7. The first-order chi connectivity index (χ1) is 9.70. The van der Waals surface area contributed by atoms with Crippen molar-refractivity contribution in [2.24, 2.45) is 0 Å². The molecule has 1 aromatic carbocycles. The van der Waals surface area contributed by atoms with Crippen molar-refractivity contribution in [1.82, 2.24) is 4.72 Å². The third kappa shape index (κ3) is 4.12. The average molecular weight is 350 g/mol. The molecule has 1 aliphatic rings. The van der Waals surface area contributed by atoms with Crippen LogP contribution in [-0.4, -0.2) is 40.6 Å². The summed E-state index contributed by atoms with van der Waals surface area (Å²) in [4.78, 5) is -0.249. The van der Waals surface area contributed by atoms with Gasteiger partial charge >= 0.3 is 0 Å². The number of sulfonamides is 1. The lowest BCUT2D eigenvalue weighted by atomic mass is 10.2. The molecule has 6 nitrogen and oxygen atoms in total. The molecule has 1 atom stereocenters. The van der Waals surface area contributed by atoms with Gasteiger partial charge in [-0.3, -0.25) is 0 Å². The van der Waals surface area contributed by atoms with Crippen molar-refractivity contribution in [3.8, 4) is 0 Å². The fourth-order valence-corrected chi connectivity index (χ4v) is 5.33. The zero-order valence-corrected chi connectivity index (χ0v) is 14.0. The number of anilines is 1. The number of nitrogens with one attached hydrogen (secondary N) is 1. The number of hydrogen-bond acceptors (Lipinski definition) is 6. The Kier molecular flexibility index (Phi) is 4.86. The van der Waals surface area contributed by atoms with E-state index in [4.69, 9.17) is 5.73 Å². The molecule has 118 valence electrons. The van der Waals surface area contributed by atoms with Gasteiger partial charge in [0.1, 0.15) is 4.90 Å². The molecule has 0 saturated carbocycles. The highest BCUT2D eigenvalue weighted by molar-refractivity contribution is 8.00. The summed E-state index contributed by atoms with van der Waals surface area (Å²) in [6.45, 7) is 0.329. The summed E-state index contributed by atoms with van der Waals surface area (Å²) in [6, 6.07) is 3.71. The quantitative estimate of drug-likeness (QED) is 0.763. The van der Waals surface area contributed by atoms with Crippen molar-refractivity contribution in [3.63, 3.8) is 0 Å². The highest BCUT2D eigenvalue weighted by Gasteiger charge is 2.23. The predicted molar refractivity (Wildman–Crippen MR) is 84.6 cm³/mol. The van der Waals surface area contributed by atoms with Crippen molar-refractivity contribution in [2.45, 2.75) is 27.9 Å². The number of nitrogen functional groups attached to an aromatic ring is 1. The molecule has 0 spiro atoms. The van der Waals surface area contributed by atoms with Crippen molar-refractivity contribution in [3.05, 3.63) is 18.2 Å². The van der Waals surface area contributed by atoms with Crippen LogP contribution in [0.3, 0.4) is 0 Å². The van der Waals surface area contributed by atoms with E-state index in [9.17, 15) is 16.8 Å². The minimum atomic E-state index is -3.81. The maximum atomic E-state index is 12.3. The van der Waals surface area contributed by atoms with Crippen molar-refractivity contribution >= 4 is 37.3 Å². The molecule has 0 amide bonds. The molecule has 1 aromatic rings. The standard InChI is InChI=1S/C12H18N2O4S3/c1-20(15,16)10-4-5-11(13)12(7-10)21(17,18)14-8-9-3-2-6-19-9/h4-5,7,9,14H,2-3,6,8,13H2,1H3. The van der Waals surface area contributed by atoms with E-state index >= 15 is 0 Å². The van der Waals surface area contributed by atoms with Gasteiger partial charge in [0.2, 0.25) is 10.0 Å². The summed E-state index contributed by atoms with van der Waals surface area (Å²) >= 11 is 1.74. The molecule has 21 heavy (non-hydrogen) atoms. The molecular formula is C12H18N2O4S3. The Morgan fingerprint density at radius 2 is 2.05 bits per heavy atom. The predicted octanol–water partition coefficient (Wildman–Crippen LogP) is 0.846. The summed E-state index contributed by atoms with van der Waals surface area (Å²) in [5.41, 5.74) is 5.72. The normalized spacial score (nSPS) is 19.8. The molecular weight excluding hydrogens is 332 g/mol. The summed E-state index contributed by atoms with van der Waals surface area (Å²) in [7, 11) is -7.30. The van der Waals surface area contributed by atoms with E-state index in [1.807, 2.05) is 0 Å². The highest BCUT2D eigenvalue weighted by Crippen LogP contribution is 2.27. The van der Waals surface area contributed by atoms with E-state index in [1.165, 1.54) is 12.1 Å². The first-order valence-corrected chi connectivity index (χ1v) is 10.8. The molecule has 0 aliphatic carbocycles. The lowest BCUT2D eigenvalue weighted by Gasteiger charge is -2.13. The Morgan fingerprint density at radius 1 is 1.33 bits per heavy atom. The summed E-state index contributed by atoms with van der Waals surface area (Å²) < 4.78 is 50.2. The van der Waals surface area contributed by atoms with Gasteiger partial charge in [0.25, 0.3) is 0 Å². The van der Waals surface area contributed by atoms with Crippen LogP contribution in [0.1, 0.15) is 12.8 Å². The van der Waals surface area contributed by atoms with Crippen molar-refractivity contribution in [2.75, 3.05) is 24.3 Å². The van der Waals surface area contributed by atoms with Crippen LogP contribution >= 0.6 is 11.8 Å². The Balaban J connectivity index is 2.26. The van der Waals surface area contributed by atoms with E-state index in [-0.39, 0.29) is 20.7 Å². The van der Waals surface area contributed by atoms with Gasteiger partial charge in [0.15, 0.2) is 9.84 Å². The number of thioether (sulfide) groups is 1. The third-order valence-corrected chi connectivity index (χ3v) is 7.22. The van der Waals surface area contributed by atoms with Gasteiger partial charge in [0.05, 0.1) is 10.6 Å². The number of hydrogen-bond donors (Lipinski definition) is 2. The van der Waals surface area contributed by atoms with Gasteiger partial charge in [-0.25, -0.2) is 21.6 Å². The molecule has 2 rings (SSSR count). The first kappa shape index (κ1) is 16.6. The summed E-state index contributed by atoms with van der Waals surface area (Å²) in [5.74, 6) is 1.04. The fourth-order valence-electron chi connectivity index (χ4n) is 2.06. The minimum Gasteiger partial charge on any atom is -0.398 e. The highest BCUT2D eigenvalue weighted by atomic mass is 32.2. The number of rotatable bonds is 5. The monoisotopic (exact) mass is 350 g/mol. The Bertz CT molecular complexity index is 723. The van der Waals surface area contributed by atoms with Gasteiger partial charge < -0.3 is 5.73 Å². The van der Waals surface area contributed by atoms with Gasteiger partial charge in [0, 0.05) is 18.1 Å². The van der Waals surface area contributed by atoms with Crippen molar-refractivity contribution < 1.29 is 16.8 Å². The van der Waals surface area contributed by atoms with Crippen LogP contribution in [0.2, 0.25) is 0 Å². The topological polar surface area (TPSA) is 106 Å². The zero-order valence-electron chi connectivity index (χ0n) is 11.6. The van der Waals surface area contributed by atoms with Gasteiger partial charge in [-0.1, -0.05) is 0 Å². The molecule has 1 fully saturated rings. The van der Waals surface area contributed by atoms with Crippen LogP contribution in [0, 0.1) is 0 Å². The molecule has 1 aliphatic heterocycles. The van der Waals surface area contributed by atoms with Crippen LogP contribution in [0.4, 0.5) is 5.69 Å². The minimum absolute atomic E-state index is 0.0361. The smallest absolute Gasteiger partial charge is 0.242 e. The molecule has 1 heterocycles. The fraction of sp³-hybridized carbons (Fsp3) is 0.500. The Hall–Kier alpha value is -0.770. The van der Waals surface area contributed by atoms with Crippen LogP contribution in [0.5, 0.6) is 0 Å². The Morgan fingerprint density at radius 3 is 2.62 bits per heavy atom. The van der Waals surface area contributed by atoms with E-state index in [0.717, 1.165) is 30.9 Å². The molecule has 1 saturated heterocycles. The van der Waals surface area contributed by atoms with Gasteiger partial charge in [-0.2, -0.15) is 11.8 Å². The van der Waals surface area contributed by atoms with Crippen LogP contribution in [0.15, 0.2) is 28.0 Å². The molecule has 3 N–H and O–H groups in total. The van der Waals surface area contributed by atoms with E-state index in [2.05, 4.69) is 4.72 Å². The van der Waals surface area contributed by atoms with E-state index in [1.54, 1.807) is 11.8 Å². The first-order valence-electron chi connectivity index (χ1n) is 6.41. The molecule has 0 radical (unpaired) electrons. The lowest BCUT2D eigenvalue weighted by molar-refractivity contribution is 0.579. The van der Waals surface area contributed by atoms with E-state index in [0.29, 0.717) is 6.54 Å². The summed E-state index contributed by atoms with van der Waals surface area (Å²) in [5, 5.41) is 0.263. The van der Waals surface area contributed by atoms with Crippen LogP contribution in [0.25, 0.3) is 0 Å². The molecule has 9 heteroatoms. The second-order valence-electron chi connectivity index (χ2n) is 4.96.